The number of hydrogen-bond acceptors (Lipinski definition) is 5. The van der Waals surface area contributed by atoms with E-state index in [4.69, 9.17) is 5.26 Å². The van der Waals surface area contributed by atoms with Crippen LogP contribution in [0.1, 0.15) is 12.8 Å². The van der Waals surface area contributed by atoms with Crippen LogP contribution in [0.25, 0.3) is 10.9 Å². The van der Waals surface area contributed by atoms with Crippen LogP contribution in [-0.4, -0.2) is 40.5 Å². The molecule has 1 N–H and O–H groups in total. The zero-order valence-electron chi connectivity index (χ0n) is 11.3. The van der Waals surface area contributed by atoms with Gasteiger partial charge in [0.2, 0.25) is 5.95 Å². The Bertz CT molecular complexity index is 625. The molecular weight excluding hydrogens is 250 g/mol. The molecule has 0 atom stereocenters. The van der Waals surface area contributed by atoms with Gasteiger partial charge in [0, 0.05) is 30.7 Å². The standard InChI is InChI=1S/C15H17N5/c16-7-10-20-8-5-13(6-9-20)18-15-17-11-12-3-1-2-4-14(12)19-15/h1-4,11,13H,5-6,8-10H2,(H,17,18,19). The molecule has 1 fully saturated rings. The second kappa shape index (κ2) is 5.85. The monoisotopic (exact) mass is 267 g/mol. The van der Waals surface area contributed by atoms with Gasteiger partial charge in [-0.25, -0.2) is 9.97 Å². The number of rotatable bonds is 3. The van der Waals surface area contributed by atoms with Crippen molar-refractivity contribution in [1.29, 1.82) is 5.26 Å². The summed E-state index contributed by atoms with van der Waals surface area (Å²) >= 11 is 0. The Labute approximate surface area is 118 Å². The van der Waals surface area contributed by atoms with Gasteiger partial charge in [-0.2, -0.15) is 5.26 Å². The van der Waals surface area contributed by atoms with E-state index in [1.807, 2.05) is 30.5 Å². The van der Waals surface area contributed by atoms with Gasteiger partial charge < -0.3 is 5.32 Å². The Morgan fingerprint density at radius 1 is 1.30 bits per heavy atom. The SMILES string of the molecule is N#CCN1CCC(Nc2ncc3ccccc3n2)CC1. The Kier molecular flexibility index (Phi) is 3.75. The number of para-hydroxylation sites is 1. The molecular formula is C15H17N5. The Morgan fingerprint density at radius 2 is 2.10 bits per heavy atom. The molecule has 5 nitrogen and oxygen atoms in total. The molecule has 5 heteroatoms. The first-order valence-corrected chi connectivity index (χ1v) is 6.93. The zero-order chi connectivity index (χ0) is 13.8. The minimum atomic E-state index is 0.395. The Balaban J connectivity index is 1.64. The zero-order valence-corrected chi connectivity index (χ0v) is 11.3. The van der Waals surface area contributed by atoms with Crippen LogP contribution < -0.4 is 5.32 Å². The van der Waals surface area contributed by atoms with E-state index in [1.54, 1.807) is 0 Å². The minimum Gasteiger partial charge on any atom is -0.351 e. The van der Waals surface area contributed by atoms with Crippen molar-refractivity contribution in [2.75, 3.05) is 25.0 Å². The summed E-state index contributed by atoms with van der Waals surface area (Å²) < 4.78 is 0. The molecule has 1 aromatic carbocycles. The highest BCUT2D eigenvalue weighted by molar-refractivity contribution is 5.78. The molecule has 2 heterocycles. The summed E-state index contributed by atoms with van der Waals surface area (Å²) in [6, 6.07) is 10.6. The quantitative estimate of drug-likeness (QED) is 0.862. The van der Waals surface area contributed by atoms with Crippen molar-refractivity contribution in [1.82, 2.24) is 14.9 Å². The predicted molar refractivity (Wildman–Crippen MR) is 78.2 cm³/mol. The molecule has 3 rings (SSSR count). The van der Waals surface area contributed by atoms with Crippen LogP contribution >= 0.6 is 0 Å². The van der Waals surface area contributed by atoms with Crippen molar-refractivity contribution in [2.45, 2.75) is 18.9 Å². The highest BCUT2D eigenvalue weighted by atomic mass is 15.2. The maximum atomic E-state index is 8.69. The number of anilines is 1. The molecule has 102 valence electrons. The van der Waals surface area contributed by atoms with Gasteiger partial charge >= 0.3 is 0 Å². The van der Waals surface area contributed by atoms with Crippen molar-refractivity contribution in [3.8, 4) is 6.07 Å². The summed E-state index contributed by atoms with van der Waals surface area (Å²) in [7, 11) is 0. The average Bonchev–Trinajstić information content (AvgIpc) is 2.49. The van der Waals surface area contributed by atoms with E-state index in [1.165, 1.54) is 0 Å². The molecule has 0 saturated carbocycles. The van der Waals surface area contributed by atoms with Gasteiger partial charge in [0.15, 0.2) is 0 Å². The smallest absolute Gasteiger partial charge is 0.223 e. The fraction of sp³-hybridized carbons (Fsp3) is 0.400. The number of piperidine rings is 1. The molecule has 1 saturated heterocycles. The van der Waals surface area contributed by atoms with Crippen LogP contribution in [0.3, 0.4) is 0 Å². The van der Waals surface area contributed by atoms with E-state index in [-0.39, 0.29) is 0 Å². The van der Waals surface area contributed by atoms with Crippen LogP contribution in [0.15, 0.2) is 30.5 Å². The fourth-order valence-electron chi connectivity index (χ4n) is 2.56. The molecule has 1 aliphatic rings. The number of nitrogens with one attached hydrogen (secondary N) is 1. The number of fused-ring (bicyclic) bond motifs is 1. The van der Waals surface area contributed by atoms with Crippen molar-refractivity contribution in [3.63, 3.8) is 0 Å². The first-order chi connectivity index (χ1) is 9.85. The van der Waals surface area contributed by atoms with Gasteiger partial charge in [-0.05, 0) is 18.9 Å². The molecule has 0 spiro atoms. The van der Waals surface area contributed by atoms with Gasteiger partial charge in [-0.3, -0.25) is 4.90 Å². The van der Waals surface area contributed by atoms with Gasteiger partial charge in [-0.1, -0.05) is 18.2 Å². The van der Waals surface area contributed by atoms with Crippen LogP contribution in [0.5, 0.6) is 0 Å². The molecule has 0 radical (unpaired) electrons. The minimum absolute atomic E-state index is 0.395. The second-order valence-electron chi connectivity index (χ2n) is 5.11. The first-order valence-electron chi connectivity index (χ1n) is 6.93. The number of benzene rings is 1. The summed E-state index contributed by atoms with van der Waals surface area (Å²) in [5, 5.41) is 13.2. The van der Waals surface area contributed by atoms with Crippen LogP contribution in [-0.2, 0) is 0 Å². The molecule has 0 bridgehead atoms. The lowest BCUT2D eigenvalue weighted by atomic mass is 10.1. The summed E-state index contributed by atoms with van der Waals surface area (Å²) in [6.07, 6.45) is 3.91. The van der Waals surface area contributed by atoms with Crippen LogP contribution in [0, 0.1) is 11.3 Å². The molecule has 0 aliphatic carbocycles. The second-order valence-corrected chi connectivity index (χ2v) is 5.11. The van der Waals surface area contributed by atoms with E-state index >= 15 is 0 Å². The Morgan fingerprint density at radius 3 is 2.90 bits per heavy atom. The topological polar surface area (TPSA) is 64.8 Å². The third-order valence-electron chi connectivity index (χ3n) is 3.70. The summed E-state index contributed by atoms with van der Waals surface area (Å²) in [6.45, 7) is 2.44. The molecule has 1 aromatic heterocycles. The van der Waals surface area contributed by atoms with Crippen molar-refractivity contribution in [2.24, 2.45) is 0 Å². The lowest BCUT2D eigenvalue weighted by Gasteiger charge is -2.30. The number of aromatic nitrogens is 2. The maximum absolute atomic E-state index is 8.69. The number of nitriles is 1. The molecule has 1 aliphatic heterocycles. The van der Waals surface area contributed by atoms with E-state index in [2.05, 4.69) is 26.3 Å². The average molecular weight is 267 g/mol. The first kappa shape index (κ1) is 12.8. The highest BCUT2D eigenvalue weighted by Gasteiger charge is 2.19. The van der Waals surface area contributed by atoms with E-state index in [0.717, 1.165) is 36.8 Å². The van der Waals surface area contributed by atoms with Crippen molar-refractivity contribution in [3.05, 3.63) is 30.5 Å². The highest BCUT2D eigenvalue weighted by Crippen LogP contribution is 2.16. The van der Waals surface area contributed by atoms with Gasteiger partial charge in [0.25, 0.3) is 0 Å². The molecule has 20 heavy (non-hydrogen) atoms. The number of likely N-dealkylation sites (tertiary alicyclic amines) is 1. The number of nitrogens with zero attached hydrogens (tertiary/aromatic N) is 4. The van der Waals surface area contributed by atoms with Crippen molar-refractivity contribution < 1.29 is 0 Å². The van der Waals surface area contributed by atoms with E-state index in [0.29, 0.717) is 18.5 Å². The Hall–Kier alpha value is -2.19. The van der Waals surface area contributed by atoms with Crippen LogP contribution in [0.4, 0.5) is 5.95 Å². The summed E-state index contributed by atoms with van der Waals surface area (Å²) in [4.78, 5) is 11.1. The van der Waals surface area contributed by atoms with E-state index in [9.17, 15) is 0 Å². The van der Waals surface area contributed by atoms with Gasteiger partial charge in [0.05, 0.1) is 18.1 Å². The third kappa shape index (κ3) is 2.86. The van der Waals surface area contributed by atoms with Crippen LogP contribution in [0.2, 0.25) is 0 Å². The number of hydrogen-bond donors (Lipinski definition) is 1. The summed E-state index contributed by atoms with van der Waals surface area (Å²) in [5.74, 6) is 0.697. The van der Waals surface area contributed by atoms with E-state index < -0.39 is 0 Å². The lowest BCUT2D eigenvalue weighted by Crippen LogP contribution is -2.39. The van der Waals surface area contributed by atoms with Gasteiger partial charge in [0.1, 0.15) is 0 Å². The predicted octanol–water partition coefficient (Wildman–Crippen LogP) is 2.03. The largest absolute Gasteiger partial charge is 0.351 e. The lowest BCUT2D eigenvalue weighted by molar-refractivity contribution is 0.242. The molecule has 0 unspecified atom stereocenters. The summed E-state index contributed by atoms with van der Waals surface area (Å²) in [5.41, 5.74) is 0.965. The van der Waals surface area contributed by atoms with Gasteiger partial charge in [-0.15, -0.1) is 0 Å². The third-order valence-corrected chi connectivity index (χ3v) is 3.70. The molecule has 2 aromatic rings. The normalized spacial score (nSPS) is 16.9. The molecule has 0 amide bonds. The fourth-order valence-corrected chi connectivity index (χ4v) is 2.56. The maximum Gasteiger partial charge on any atom is 0.223 e. The van der Waals surface area contributed by atoms with Crippen molar-refractivity contribution >= 4 is 16.9 Å².